The van der Waals surface area contributed by atoms with Crippen LogP contribution in [-0.2, 0) is 9.59 Å². The Kier molecular flexibility index (Phi) is 6.09. The van der Waals surface area contributed by atoms with Gasteiger partial charge < -0.3 is 4.74 Å². The summed E-state index contributed by atoms with van der Waals surface area (Å²) in [6.45, 7) is 3.49. The fourth-order valence-corrected chi connectivity index (χ4v) is 4.13. The zero-order chi connectivity index (χ0) is 22.8. The molecule has 0 unspecified atom stereocenters. The number of nitrogens with zero attached hydrogens (tertiary/aromatic N) is 3. The van der Waals surface area contributed by atoms with Crippen molar-refractivity contribution in [2.24, 2.45) is 0 Å². The van der Waals surface area contributed by atoms with Crippen molar-refractivity contribution >= 4 is 29.3 Å². The fraction of sp³-hybridized carbons (Fsp3) is 0.261. The number of benzene rings is 2. The van der Waals surface area contributed by atoms with E-state index in [2.05, 4.69) is 10.1 Å². The van der Waals surface area contributed by atoms with Crippen LogP contribution in [0.1, 0.15) is 38.4 Å². The van der Waals surface area contributed by atoms with Crippen LogP contribution in [0.2, 0.25) is 0 Å². The molecule has 0 fully saturated rings. The second-order valence-corrected chi connectivity index (χ2v) is 7.93. The molecule has 0 radical (unpaired) electrons. The molecule has 0 aliphatic carbocycles. The molecule has 1 atom stereocenters. The van der Waals surface area contributed by atoms with E-state index < -0.39 is 12.1 Å². The summed E-state index contributed by atoms with van der Waals surface area (Å²) in [4.78, 5) is 42.9. The highest BCUT2D eigenvalue weighted by Crippen LogP contribution is 2.39. The van der Waals surface area contributed by atoms with Gasteiger partial charge in [0.25, 0.3) is 6.17 Å². The second-order valence-electron chi connectivity index (χ2n) is 7.13. The van der Waals surface area contributed by atoms with Gasteiger partial charge in [-0.3, -0.25) is 19.4 Å². The molecule has 0 saturated carbocycles. The van der Waals surface area contributed by atoms with Gasteiger partial charge in [-0.2, -0.15) is 0 Å². The van der Waals surface area contributed by atoms with Gasteiger partial charge in [-0.05, 0) is 35.2 Å². The summed E-state index contributed by atoms with van der Waals surface area (Å²) >= 11 is 1.29. The quantitative estimate of drug-likeness (QED) is 0.277. The van der Waals surface area contributed by atoms with Crippen molar-refractivity contribution in [3.63, 3.8) is 0 Å². The topological polar surface area (TPSA) is 96.2 Å². The average Bonchev–Trinajstić information content (AvgIpc) is 2.82. The molecular formula is C23H23N4O4S+. The minimum atomic E-state index is -0.804. The van der Waals surface area contributed by atoms with Gasteiger partial charge in [0.05, 0.1) is 16.8 Å². The maximum Gasteiger partial charge on any atom is 0.325 e. The van der Waals surface area contributed by atoms with Crippen molar-refractivity contribution in [2.75, 3.05) is 11.2 Å². The van der Waals surface area contributed by atoms with Crippen LogP contribution < -0.4 is 19.9 Å². The zero-order valence-corrected chi connectivity index (χ0v) is 18.8. The van der Waals surface area contributed by atoms with Crippen LogP contribution in [0.3, 0.4) is 0 Å². The Morgan fingerprint density at radius 1 is 1.12 bits per heavy atom. The predicted octanol–water partition coefficient (Wildman–Crippen LogP) is 3.07. The van der Waals surface area contributed by atoms with Gasteiger partial charge in [-0.1, -0.05) is 49.9 Å². The van der Waals surface area contributed by atoms with Crippen LogP contribution in [0.25, 0.3) is 11.3 Å². The lowest BCUT2D eigenvalue weighted by Crippen LogP contribution is -2.61. The predicted molar refractivity (Wildman–Crippen MR) is 121 cm³/mol. The first kappa shape index (κ1) is 21.8. The monoisotopic (exact) mass is 451 g/mol. The van der Waals surface area contributed by atoms with Crippen molar-refractivity contribution in [1.82, 2.24) is 10.1 Å². The van der Waals surface area contributed by atoms with Gasteiger partial charge in [0.15, 0.2) is 0 Å². The molecule has 9 heteroatoms. The third kappa shape index (κ3) is 3.69. The molecule has 1 aliphatic rings. The lowest BCUT2D eigenvalue weighted by Gasteiger charge is -2.32. The largest absolute Gasteiger partial charge is 0.426 e. The Morgan fingerprint density at radius 3 is 2.56 bits per heavy atom. The standard InChI is InChI=1S/C23H22N4O4S/c1-4-18(28)26-16-12-8-6-10-14(16)20-21(30)24-23(32-3)25-27(20)22(26)15-11-7-9-13-17(15)31-19(29)5-2/h6-13,22H,4-5H2,1-3H3/p+1/t22-/m0/s1. The average molecular weight is 452 g/mol. The molecule has 164 valence electrons. The number of aromatic nitrogens is 3. The first-order valence-corrected chi connectivity index (χ1v) is 11.5. The molecule has 1 amide bonds. The number of hydrogen-bond donors (Lipinski definition) is 1. The number of nitrogens with one attached hydrogen (secondary N) is 1. The molecule has 0 saturated heterocycles. The van der Waals surface area contributed by atoms with E-state index >= 15 is 0 Å². The Balaban J connectivity index is 2.06. The van der Waals surface area contributed by atoms with Gasteiger partial charge >= 0.3 is 17.2 Å². The number of para-hydroxylation sites is 2. The number of thioether (sulfide) groups is 1. The van der Waals surface area contributed by atoms with Gasteiger partial charge in [0.2, 0.25) is 11.1 Å². The molecule has 0 spiro atoms. The lowest BCUT2D eigenvalue weighted by atomic mass is 10.0. The number of fused-ring (bicyclic) bond motifs is 3. The summed E-state index contributed by atoms with van der Waals surface area (Å²) in [5.74, 6) is -0.218. The van der Waals surface area contributed by atoms with Crippen molar-refractivity contribution in [1.29, 1.82) is 0 Å². The van der Waals surface area contributed by atoms with Gasteiger partial charge in [0.1, 0.15) is 5.75 Å². The van der Waals surface area contributed by atoms with Crippen molar-refractivity contribution in [3.8, 4) is 17.0 Å². The number of aromatic amines is 1. The Bertz CT molecular complexity index is 1260. The highest BCUT2D eigenvalue weighted by atomic mass is 32.2. The van der Waals surface area contributed by atoms with Crippen molar-refractivity contribution < 1.29 is 19.0 Å². The Morgan fingerprint density at radius 2 is 1.84 bits per heavy atom. The number of ether oxygens (including phenoxy) is 1. The van der Waals surface area contributed by atoms with E-state index in [1.165, 1.54) is 11.8 Å². The van der Waals surface area contributed by atoms with E-state index in [9.17, 15) is 14.4 Å². The number of esters is 1. The molecule has 2 aromatic carbocycles. The summed E-state index contributed by atoms with van der Waals surface area (Å²) in [5.41, 5.74) is 1.79. The molecule has 0 bridgehead atoms. The van der Waals surface area contributed by atoms with Gasteiger partial charge in [0, 0.05) is 17.9 Å². The maximum atomic E-state index is 13.2. The van der Waals surface area contributed by atoms with E-state index in [0.717, 1.165) is 0 Å². The second kappa shape index (κ2) is 8.96. The van der Waals surface area contributed by atoms with Crippen LogP contribution in [0, 0.1) is 0 Å². The summed E-state index contributed by atoms with van der Waals surface area (Å²) in [7, 11) is 0. The normalized spacial score (nSPS) is 14.5. The minimum Gasteiger partial charge on any atom is -0.426 e. The third-order valence-corrected chi connectivity index (χ3v) is 5.80. The van der Waals surface area contributed by atoms with E-state index in [-0.39, 0.29) is 24.3 Å². The molecule has 8 nitrogen and oxygen atoms in total. The molecule has 4 rings (SSSR count). The van der Waals surface area contributed by atoms with Crippen LogP contribution in [0.15, 0.2) is 58.5 Å². The molecule has 1 aromatic heterocycles. The number of hydrogen-bond acceptors (Lipinski definition) is 6. The van der Waals surface area contributed by atoms with Crippen LogP contribution in [0.4, 0.5) is 5.69 Å². The molecule has 3 aromatic rings. The summed E-state index contributed by atoms with van der Waals surface area (Å²) in [6, 6.07) is 14.3. The molecular weight excluding hydrogens is 428 g/mol. The Hall–Kier alpha value is -3.46. The SMILES string of the molecule is CCC(=O)Oc1ccccc1[C@H]1N(C(=O)CC)c2ccccc2-c2c(=O)[nH]c(SC)n[n+]21. The summed E-state index contributed by atoms with van der Waals surface area (Å²) in [6.07, 6.45) is 1.46. The fourth-order valence-electron chi connectivity index (χ4n) is 3.77. The number of amides is 1. The maximum absolute atomic E-state index is 13.2. The molecule has 1 aliphatic heterocycles. The first-order valence-electron chi connectivity index (χ1n) is 10.3. The van der Waals surface area contributed by atoms with Gasteiger partial charge in [-0.15, -0.1) is 0 Å². The first-order chi connectivity index (χ1) is 15.5. The third-order valence-electron chi connectivity index (χ3n) is 5.23. The number of rotatable bonds is 5. The van der Waals surface area contributed by atoms with Crippen LogP contribution in [-0.4, -0.2) is 28.2 Å². The molecule has 32 heavy (non-hydrogen) atoms. The van der Waals surface area contributed by atoms with E-state index in [4.69, 9.17) is 4.74 Å². The number of carbonyl (C=O) groups is 2. The number of carbonyl (C=O) groups excluding carboxylic acids is 2. The highest BCUT2D eigenvalue weighted by Gasteiger charge is 2.46. The highest BCUT2D eigenvalue weighted by molar-refractivity contribution is 7.98. The van der Waals surface area contributed by atoms with Crippen molar-refractivity contribution in [3.05, 3.63) is 64.4 Å². The molecule has 2 heterocycles. The minimum absolute atomic E-state index is 0.148. The van der Waals surface area contributed by atoms with Crippen LogP contribution in [0.5, 0.6) is 5.75 Å². The van der Waals surface area contributed by atoms with E-state index in [1.807, 2.05) is 24.5 Å². The van der Waals surface area contributed by atoms with E-state index in [0.29, 0.717) is 33.4 Å². The Labute approximate surface area is 189 Å². The van der Waals surface area contributed by atoms with Crippen LogP contribution >= 0.6 is 11.8 Å². The number of H-pyrrole nitrogens is 1. The summed E-state index contributed by atoms with van der Waals surface area (Å²) < 4.78 is 7.15. The smallest absolute Gasteiger partial charge is 0.325 e. The zero-order valence-electron chi connectivity index (χ0n) is 18.0. The lowest BCUT2D eigenvalue weighted by molar-refractivity contribution is -0.763. The van der Waals surface area contributed by atoms with E-state index in [1.54, 1.807) is 53.8 Å². The number of anilines is 1. The van der Waals surface area contributed by atoms with Gasteiger partial charge in [-0.25, -0.2) is 4.90 Å². The summed E-state index contributed by atoms with van der Waals surface area (Å²) in [5, 5.41) is 5.06. The molecule has 1 N–H and O–H groups in total. The van der Waals surface area contributed by atoms with Crippen molar-refractivity contribution in [2.45, 2.75) is 38.0 Å².